The van der Waals surface area contributed by atoms with E-state index in [-0.39, 0.29) is 35.9 Å². The summed E-state index contributed by atoms with van der Waals surface area (Å²) in [4.78, 5) is 0. The van der Waals surface area contributed by atoms with E-state index in [4.69, 9.17) is 14.2 Å². The minimum absolute atomic E-state index is 0.0437. The number of rotatable bonds is 3. The van der Waals surface area contributed by atoms with Crippen LogP contribution in [0.3, 0.4) is 0 Å². The van der Waals surface area contributed by atoms with Gasteiger partial charge in [-0.3, -0.25) is 0 Å². The van der Waals surface area contributed by atoms with Gasteiger partial charge < -0.3 is 24.4 Å². The first-order chi connectivity index (χ1) is 8.19. The van der Waals surface area contributed by atoms with Crippen molar-refractivity contribution in [1.29, 1.82) is 0 Å². The van der Waals surface area contributed by atoms with Crippen LogP contribution >= 0.6 is 0 Å². The van der Waals surface area contributed by atoms with Crippen molar-refractivity contribution in [2.45, 2.75) is 18.9 Å². The molecule has 2 aliphatic carbocycles. The molecule has 3 rings (SSSR count). The quantitative estimate of drug-likeness (QED) is 0.536. The molecule has 3 aliphatic rings. The number of ether oxygens (including phenoxy) is 3. The summed E-state index contributed by atoms with van der Waals surface area (Å²) in [7, 11) is 3.23. The maximum atomic E-state index is 9.84. The van der Waals surface area contributed by atoms with Crippen LogP contribution in [0.25, 0.3) is 0 Å². The molecular formula is C12H18O5. The largest absolute Gasteiger partial charge is 0.368 e. The van der Waals surface area contributed by atoms with E-state index >= 15 is 0 Å². The predicted molar refractivity (Wildman–Crippen MR) is 57.5 cm³/mol. The molecule has 5 nitrogen and oxygen atoms in total. The molecule has 1 saturated heterocycles. The molecule has 0 spiro atoms. The lowest BCUT2D eigenvalue weighted by Gasteiger charge is -2.27. The maximum absolute atomic E-state index is 9.84. The minimum Gasteiger partial charge on any atom is -0.368 e. The third-order valence-corrected chi connectivity index (χ3v) is 4.49. The second-order valence-corrected chi connectivity index (χ2v) is 5.03. The molecule has 2 N–H and O–H groups in total. The van der Waals surface area contributed by atoms with Crippen LogP contribution in [0.15, 0.2) is 12.2 Å². The molecular weight excluding hydrogens is 224 g/mol. The Labute approximate surface area is 100.0 Å². The number of fused-ring (bicyclic) bond motifs is 5. The number of hydrogen-bond acceptors (Lipinski definition) is 5. The fourth-order valence-corrected chi connectivity index (χ4v) is 3.91. The molecule has 0 aromatic carbocycles. The molecule has 0 amide bonds. The van der Waals surface area contributed by atoms with E-state index in [2.05, 4.69) is 12.2 Å². The third-order valence-electron chi connectivity index (χ3n) is 4.49. The zero-order valence-corrected chi connectivity index (χ0v) is 9.89. The van der Waals surface area contributed by atoms with Gasteiger partial charge in [0.25, 0.3) is 0 Å². The first kappa shape index (κ1) is 11.6. The van der Waals surface area contributed by atoms with Crippen LogP contribution in [0.4, 0.5) is 0 Å². The SMILES string of the molecule is COC(OC)C1[C@H]2C=C[C@@H]1[C@@H]1C(O)OC(O)[C@@H]12. The van der Waals surface area contributed by atoms with Gasteiger partial charge in [-0.05, 0) is 11.8 Å². The van der Waals surface area contributed by atoms with Gasteiger partial charge in [0.15, 0.2) is 18.9 Å². The summed E-state index contributed by atoms with van der Waals surface area (Å²) >= 11 is 0. The van der Waals surface area contributed by atoms with Crippen molar-refractivity contribution in [3.63, 3.8) is 0 Å². The molecule has 0 radical (unpaired) electrons. The average Bonchev–Trinajstić information content (AvgIpc) is 2.94. The van der Waals surface area contributed by atoms with Gasteiger partial charge in [-0.25, -0.2) is 0 Å². The highest BCUT2D eigenvalue weighted by molar-refractivity contribution is 5.20. The Bertz CT molecular complexity index is 303. The average molecular weight is 242 g/mol. The molecule has 1 saturated carbocycles. The fraction of sp³-hybridized carbons (Fsp3) is 0.833. The summed E-state index contributed by atoms with van der Waals surface area (Å²) in [5.41, 5.74) is 0. The van der Waals surface area contributed by atoms with Gasteiger partial charge in [-0.2, -0.15) is 0 Å². The highest BCUT2D eigenvalue weighted by atomic mass is 16.7. The van der Waals surface area contributed by atoms with Crippen molar-refractivity contribution in [1.82, 2.24) is 0 Å². The molecule has 0 aromatic heterocycles. The maximum Gasteiger partial charge on any atom is 0.161 e. The van der Waals surface area contributed by atoms with E-state index in [1.165, 1.54) is 0 Å². The molecule has 0 aromatic rings. The molecule has 1 heterocycles. The molecule has 17 heavy (non-hydrogen) atoms. The number of hydrogen-bond donors (Lipinski definition) is 2. The summed E-state index contributed by atoms with van der Waals surface area (Å²) in [6, 6.07) is 0. The summed E-state index contributed by atoms with van der Waals surface area (Å²) in [5.74, 6) is 0.382. The Morgan fingerprint density at radius 2 is 1.47 bits per heavy atom. The molecule has 3 unspecified atom stereocenters. The zero-order chi connectivity index (χ0) is 12.2. The van der Waals surface area contributed by atoms with Crippen LogP contribution in [0.2, 0.25) is 0 Å². The molecule has 1 aliphatic heterocycles. The Balaban J connectivity index is 1.89. The number of allylic oxidation sites excluding steroid dienone is 2. The van der Waals surface area contributed by atoms with Gasteiger partial charge in [-0.15, -0.1) is 0 Å². The van der Waals surface area contributed by atoms with Crippen molar-refractivity contribution in [3.05, 3.63) is 12.2 Å². The molecule has 2 bridgehead atoms. The lowest BCUT2D eigenvalue weighted by Crippen LogP contribution is -2.32. The summed E-state index contributed by atoms with van der Waals surface area (Å²) in [6.07, 6.45) is 2.11. The van der Waals surface area contributed by atoms with Crippen molar-refractivity contribution in [3.8, 4) is 0 Å². The van der Waals surface area contributed by atoms with Crippen LogP contribution < -0.4 is 0 Å². The summed E-state index contributed by atoms with van der Waals surface area (Å²) in [6.45, 7) is 0. The van der Waals surface area contributed by atoms with Gasteiger partial charge in [0.05, 0.1) is 0 Å². The second kappa shape index (κ2) is 4.03. The number of aliphatic hydroxyl groups excluding tert-OH is 2. The van der Waals surface area contributed by atoms with Gasteiger partial charge in [0, 0.05) is 32.0 Å². The van der Waals surface area contributed by atoms with E-state index in [1.807, 2.05) is 0 Å². The molecule has 2 fully saturated rings. The number of methoxy groups -OCH3 is 2. The highest BCUT2D eigenvalue weighted by Gasteiger charge is 2.62. The second-order valence-electron chi connectivity index (χ2n) is 5.03. The van der Waals surface area contributed by atoms with Crippen molar-refractivity contribution < 1.29 is 24.4 Å². The topological polar surface area (TPSA) is 68.2 Å². The Kier molecular flexibility index (Phi) is 2.76. The van der Waals surface area contributed by atoms with Crippen LogP contribution in [-0.4, -0.2) is 43.3 Å². The van der Waals surface area contributed by atoms with Crippen molar-refractivity contribution >= 4 is 0 Å². The normalized spacial score (nSPS) is 51.5. The van der Waals surface area contributed by atoms with Crippen LogP contribution in [0.5, 0.6) is 0 Å². The Morgan fingerprint density at radius 3 is 1.88 bits per heavy atom. The van der Waals surface area contributed by atoms with Gasteiger partial charge in [0.1, 0.15) is 0 Å². The zero-order valence-electron chi connectivity index (χ0n) is 9.89. The van der Waals surface area contributed by atoms with E-state index < -0.39 is 12.6 Å². The lowest BCUT2D eigenvalue weighted by atomic mass is 9.84. The van der Waals surface area contributed by atoms with Crippen LogP contribution in [0.1, 0.15) is 0 Å². The smallest absolute Gasteiger partial charge is 0.161 e. The minimum atomic E-state index is -0.883. The predicted octanol–water partition coefficient (Wildman–Crippen LogP) is -0.0633. The summed E-state index contributed by atoms with van der Waals surface area (Å²) < 4.78 is 15.8. The van der Waals surface area contributed by atoms with Crippen LogP contribution in [-0.2, 0) is 14.2 Å². The lowest BCUT2D eigenvalue weighted by molar-refractivity contribution is -0.195. The first-order valence-corrected chi connectivity index (χ1v) is 5.94. The van der Waals surface area contributed by atoms with Gasteiger partial charge in [-0.1, -0.05) is 12.2 Å². The highest BCUT2D eigenvalue weighted by Crippen LogP contribution is 2.59. The fourth-order valence-electron chi connectivity index (χ4n) is 3.91. The van der Waals surface area contributed by atoms with Gasteiger partial charge in [0.2, 0.25) is 0 Å². The van der Waals surface area contributed by atoms with E-state index in [1.54, 1.807) is 14.2 Å². The standard InChI is InChI=1S/C12H18O5/c1-15-12(16-2)7-5-3-4-6(7)9-8(5)10(13)17-11(9)14/h3-14H,1-2H3/t5-,6+,7?,8-,9+,10?,11?. The molecule has 96 valence electrons. The Morgan fingerprint density at radius 1 is 1.00 bits per heavy atom. The first-order valence-electron chi connectivity index (χ1n) is 5.94. The molecule has 5 heteroatoms. The Hall–Kier alpha value is -0.460. The van der Waals surface area contributed by atoms with Crippen molar-refractivity contribution in [2.75, 3.05) is 14.2 Å². The van der Waals surface area contributed by atoms with E-state index in [0.717, 1.165) is 0 Å². The van der Waals surface area contributed by atoms with E-state index in [9.17, 15) is 10.2 Å². The monoisotopic (exact) mass is 242 g/mol. The van der Waals surface area contributed by atoms with Crippen molar-refractivity contribution in [2.24, 2.45) is 29.6 Å². The van der Waals surface area contributed by atoms with Gasteiger partial charge >= 0.3 is 0 Å². The summed E-state index contributed by atoms with van der Waals surface area (Å²) in [5, 5.41) is 19.7. The third kappa shape index (κ3) is 1.44. The van der Waals surface area contributed by atoms with E-state index in [0.29, 0.717) is 0 Å². The van der Waals surface area contributed by atoms with Crippen LogP contribution in [0, 0.1) is 29.6 Å². The molecule has 7 atom stereocenters. The number of aliphatic hydroxyl groups is 2.